The maximum atomic E-state index is 5.06. The van der Waals surface area contributed by atoms with Crippen LogP contribution in [-0.4, -0.2) is 41.3 Å². The first-order valence-electron chi connectivity index (χ1n) is 6.03. The van der Waals surface area contributed by atoms with Crippen LogP contribution in [0.1, 0.15) is 19.8 Å². The number of rotatable bonds is 9. The quantitative estimate of drug-likeness (QED) is 0.690. The van der Waals surface area contributed by atoms with E-state index in [0.717, 1.165) is 31.9 Å². The smallest absolute Gasteiger partial charge is 0.202 e. The summed E-state index contributed by atoms with van der Waals surface area (Å²) in [5.41, 5.74) is 0. The van der Waals surface area contributed by atoms with E-state index in [9.17, 15) is 0 Å². The maximum absolute atomic E-state index is 5.06. The van der Waals surface area contributed by atoms with E-state index < -0.39 is 0 Å². The Morgan fingerprint density at radius 2 is 2.41 bits per heavy atom. The highest BCUT2D eigenvalue weighted by atomic mass is 32.2. The number of hydrogen-bond donors (Lipinski definition) is 1. The van der Waals surface area contributed by atoms with Crippen LogP contribution in [0.4, 0.5) is 5.95 Å². The molecule has 0 amide bonds. The van der Waals surface area contributed by atoms with Crippen molar-refractivity contribution >= 4 is 17.7 Å². The Morgan fingerprint density at radius 1 is 1.59 bits per heavy atom. The summed E-state index contributed by atoms with van der Waals surface area (Å²) in [5.74, 6) is 2.15. The lowest BCUT2D eigenvalue weighted by molar-refractivity contribution is 0.190. The number of aromatic nitrogens is 2. The number of methoxy groups -OCH3 is 1. The van der Waals surface area contributed by atoms with Gasteiger partial charge in [0, 0.05) is 38.7 Å². The molecule has 1 N–H and O–H groups in total. The molecule has 98 valence electrons. The summed E-state index contributed by atoms with van der Waals surface area (Å²) in [6.07, 6.45) is 8.17. The van der Waals surface area contributed by atoms with E-state index in [-0.39, 0.29) is 0 Å². The van der Waals surface area contributed by atoms with Crippen molar-refractivity contribution in [3.05, 3.63) is 12.4 Å². The molecule has 1 rings (SSSR count). The molecule has 1 heterocycles. The summed E-state index contributed by atoms with van der Waals surface area (Å²) in [6, 6.07) is 0.464. The fraction of sp³-hybridized carbons (Fsp3) is 0.750. The number of thioether (sulfide) groups is 1. The van der Waals surface area contributed by atoms with E-state index in [1.807, 2.05) is 24.2 Å². The van der Waals surface area contributed by atoms with Crippen molar-refractivity contribution in [2.24, 2.45) is 0 Å². The molecule has 0 saturated heterocycles. The van der Waals surface area contributed by atoms with Crippen molar-refractivity contribution in [1.29, 1.82) is 0 Å². The number of hydrogen-bond acceptors (Lipinski definition) is 4. The van der Waals surface area contributed by atoms with Crippen LogP contribution in [-0.2, 0) is 11.3 Å². The fourth-order valence-corrected chi connectivity index (χ4v) is 2.19. The van der Waals surface area contributed by atoms with Gasteiger partial charge in [-0.2, -0.15) is 11.8 Å². The molecule has 1 aromatic heterocycles. The predicted octanol–water partition coefficient (Wildman–Crippen LogP) is 2.47. The van der Waals surface area contributed by atoms with Gasteiger partial charge in [0.25, 0.3) is 0 Å². The normalized spacial score (nSPS) is 12.6. The molecule has 4 nitrogen and oxygen atoms in total. The summed E-state index contributed by atoms with van der Waals surface area (Å²) in [4.78, 5) is 4.35. The van der Waals surface area contributed by atoms with Gasteiger partial charge in [0.1, 0.15) is 0 Å². The largest absolute Gasteiger partial charge is 0.385 e. The predicted molar refractivity (Wildman–Crippen MR) is 74.8 cm³/mol. The molecule has 1 unspecified atom stereocenters. The van der Waals surface area contributed by atoms with Crippen molar-refractivity contribution in [3.63, 3.8) is 0 Å². The summed E-state index contributed by atoms with van der Waals surface area (Å²) < 4.78 is 7.20. The van der Waals surface area contributed by atoms with Gasteiger partial charge < -0.3 is 14.6 Å². The lowest BCUT2D eigenvalue weighted by Gasteiger charge is -2.15. The minimum atomic E-state index is 0.464. The van der Waals surface area contributed by atoms with E-state index >= 15 is 0 Å². The molecule has 17 heavy (non-hydrogen) atoms. The summed E-state index contributed by atoms with van der Waals surface area (Å²) in [5, 5.41) is 3.45. The molecular weight excluding hydrogens is 234 g/mol. The Balaban J connectivity index is 2.39. The molecule has 0 aliphatic rings. The van der Waals surface area contributed by atoms with Crippen LogP contribution in [0.5, 0.6) is 0 Å². The van der Waals surface area contributed by atoms with Crippen LogP contribution >= 0.6 is 11.8 Å². The number of ether oxygens (including phenoxy) is 1. The third-order valence-corrected chi connectivity index (χ3v) is 3.24. The molecule has 0 saturated carbocycles. The van der Waals surface area contributed by atoms with Gasteiger partial charge >= 0.3 is 0 Å². The molecule has 0 aliphatic carbocycles. The van der Waals surface area contributed by atoms with Gasteiger partial charge in [-0.1, -0.05) is 0 Å². The molecule has 0 fully saturated rings. The van der Waals surface area contributed by atoms with Crippen molar-refractivity contribution in [2.75, 3.05) is 31.0 Å². The zero-order valence-electron chi connectivity index (χ0n) is 11.0. The van der Waals surface area contributed by atoms with E-state index in [1.54, 1.807) is 7.11 Å². The van der Waals surface area contributed by atoms with Crippen LogP contribution < -0.4 is 5.32 Å². The molecule has 0 radical (unpaired) electrons. The molecule has 0 aromatic carbocycles. The van der Waals surface area contributed by atoms with Crippen molar-refractivity contribution in [1.82, 2.24) is 9.55 Å². The Hall–Kier alpha value is -0.680. The highest BCUT2D eigenvalue weighted by Gasteiger charge is 2.06. The third kappa shape index (κ3) is 5.46. The number of aryl methyl sites for hydroxylation is 1. The van der Waals surface area contributed by atoms with Crippen LogP contribution in [0.25, 0.3) is 0 Å². The lowest BCUT2D eigenvalue weighted by Crippen LogP contribution is -2.19. The van der Waals surface area contributed by atoms with Crippen LogP contribution in [0.3, 0.4) is 0 Å². The molecule has 0 bridgehead atoms. The van der Waals surface area contributed by atoms with E-state index in [0.29, 0.717) is 6.04 Å². The number of anilines is 1. The van der Waals surface area contributed by atoms with Crippen molar-refractivity contribution < 1.29 is 4.74 Å². The average molecular weight is 257 g/mol. The second-order valence-corrected chi connectivity index (χ2v) is 5.10. The van der Waals surface area contributed by atoms with Gasteiger partial charge in [-0.05, 0) is 31.8 Å². The molecule has 0 aliphatic heterocycles. The third-order valence-electron chi connectivity index (χ3n) is 2.59. The van der Waals surface area contributed by atoms with Gasteiger partial charge in [0.15, 0.2) is 0 Å². The number of nitrogens with zero attached hydrogens (tertiary/aromatic N) is 2. The highest BCUT2D eigenvalue weighted by Crippen LogP contribution is 2.10. The van der Waals surface area contributed by atoms with Gasteiger partial charge in [-0.3, -0.25) is 0 Å². The molecule has 1 atom stereocenters. The van der Waals surface area contributed by atoms with Crippen molar-refractivity contribution in [2.45, 2.75) is 32.4 Å². The zero-order chi connectivity index (χ0) is 12.5. The van der Waals surface area contributed by atoms with Gasteiger partial charge in [0.2, 0.25) is 5.95 Å². The Morgan fingerprint density at radius 3 is 3.12 bits per heavy atom. The SMILES string of the molecule is COCCCn1ccnc1NC(C)CCSC. The average Bonchev–Trinajstić information content (AvgIpc) is 2.74. The highest BCUT2D eigenvalue weighted by molar-refractivity contribution is 7.98. The van der Waals surface area contributed by atoms with E-state index in [4.69, 9.17) is 4.74 Å². The molecular formula is C12H23N3OS. The minimum Gasteiger partial charge on any atom is -0.385 e. The Bertz CT molecular complexity index is 304. The van der Waals surface area contributed by atoms with Crippen LogP contribution in [0, 0.1) is 0 Å². The number of nitrogens with one attached hydrogen (secondary N) is 1. The Kier molecular flexibility index (Phi) is 7.12. The fourth-order valence-electron chi connectivity index (χ4n) is 1.60. The van der Waals surface area contributed by atoms with Crippen LogP contribution in [0.15, 0.2) is 12.4 Å². The minimum absolute atomic E-state index is 0.464. The monoisotopic (exact) mass is 257 g/mol. The number of imidazole rings is 1. The second-order valence-electron chi connectivity index (χ2n) is 4.12. The maximum Gasteiger partial charge on any atom is 0.202 e. The second kappa shape index (κ2) is 8.42. The summed E-state index contributed by atoms with van der Waals surface area (Å²) in [7, 11) is 1.73. The first-order valence-corrected chi connectivity index (χ1v) is 7.43. The summed E-state index contributed by atoms with van der Waals surface area (Å²) in [6.45, 7) is 3.94. The Labute approximate surface area is 108 Å². The molecule has 1 aromatic rings. The summed E-state index contributed by atoms with van der Waals surface area (Å²) >= 11 is 1.88. The topological polar surface area (TPSA) is 39.1 Å². The van der Waals surface area contributed by atoms with Gasteiger partial charge in [-0.25, -0.2) is 4.98 Å². The van der Waals surface area contributed by atoms with Crippen molar-refractivity contribution in [3.8, 4) is 0 Å². The molecule has 5 heteroatoms. The molecule has 0 spiro atoms. The van der Waals surface area contributed by atoms with E-state index in [2.05, 4.69) is 28.0 Å². The van der Waals surface area contributed by atoms with Crippen LogP contribution in [0.2, 0.25) is 0 Å². The van der Waals surface area contributed by atoms with E-state index in [1.165, 1.54) is 5.75 Å². The standard InChI is InChI=1S/C12H23N3OS/c1-11(5-10-17-3)14-12-13-6-8-15(12)7-4-9-16-2/h6,8,11H,4-5,7,9-10H2,1-3H3,(H,13,14). The first kappa shape index (κ1) is 14.4. The van der Waals surface area contributed by atoms with Gasteiger partial charge in [-0.15, -0.1) is 0 Å². The van der Waals surface area contributed by atoms with Gasteiger partial charge in [0.05, 0.1) is 0 Å². The lowest BCUT2D eigenvalue weighted by atomic mass is 10.3. The zero-order valence-corrected chi connectivity index (χ0v) is 11.8. The first-order chi connectivity index (χ1) is 8.27.